The summed E-state index contributed by atoms with van der Waals surface area (Å²) < 4.78 is 11.4. The molecular formula is C22H32O3. The van der Waals surface area contributed by atoms with Crippen LogP contribution < -0.4 is 0 Å². The Morgan fingerprint density at radius 2 is 2.12 bits per heavy atom. The van der Waals surface area contributed by atoms with Crippen LogP contribution in [0.25, 0.3) is 0 Å². The van der Waals surface area contributed by atoms with Gasteiger partial charge in [0.1, 0.15) is 5.76 Å². The van der Waals surface area contributed by atoms with E-state index in [9.17, 15) is 4.79 Å². The number of carbonyl (C=O) groups excluding carboxylic acids is 1. The molecule has 3 heteroatoms. The SMILES string of the molecule is CC(=O)OC[C@]1(C)CCC[C@]2(C)[C@H]3Cc4occc4[C@H](C)[C@@H]3CC[C@@H]12. The summed E-state index contributed by atoms with van der Waals surface area (Å²) in [5.74, 6) is 3.78. The molecular weight excluding hydrogens is 312 g/mol. The van der Waals surface area contributed by atoms with E-state index in [0.717, 1.165) is 12.3 Å². The minimum absolute atomic E-state index is 0.121. The van der Waals surface area contributed by atoms with Gasteiger partial charge in [0.25, 0.3) is 0 Å². The van der Waals surface area contributed by atoms with Gasteiger partial charge in [-0.1, -0.05) is 27.2 Å². The fourth-order valence-electron chi connectivity index (χ4n) is 6.96. The Kier molecular flexibility index (Phi) is 4.05. The van der Waals surface area contributed by atoms with E-state index in [2.05, 4.69) is 26.8 Å². The minimum Gasteiger partial charge on any atom is -0.469 e. The van der Waals surface area contributed by atoms with E-state index < -0.39 is 0 Å². The van der Waals surface area contributed by atoms with Gasteiger partial charge in [-0.15, -0.1) is 0 Å². The second-order valence-corrected chi connectivity index (χ2v) is 9.49. The van der Waals surface area contributed by atoms with Crippen molar-refractivity contribution in [3.05, 3.63) is 23.7 Å². The number of fused-ring (bicyclic) bond motifs is 4. The van der Waals surface area contributed by atoms with Crippen LogP contribution >= 0.6 is 0 Å². The van der Waals surface area contributed by atoms with Crippen molar-refractivity contribution in [1.29, 1.82) is 0 Å². The fraction of sp³-hybridized carbons (Fsp3) is 0.773. The van der Waals surface area contributed by atoms with E-state index in [4.69, 9.17) is 9.15 Å². The van der Waals surface area contributed by atoms with Crippen LogP contribution in [0.15, 0.2) is 16.7 Å². The average Bonchev–Trinajstić information content (AvgIpc) is 3.03. The predicted octanol–water partition coefficient (Wildman–Crippen LogP) is 5.34. The van der Waals surface area contributed by atoms with Crippen LogP contribution in [-0.4, -0.2) is 12.6 Å². The monoisotopic (exact) mass is 344 g/mol. The topological polar surface area (TPSA) is 39.4 Å². The molecule has 1 aromatic rings. The molecule has 3 aliphatic carbocycles. The zero-order valence-corrected chi connectivity index (χ0v) is 16.1. The lowest BCUT2D eigenvalue weighted by atomic mass is 9.43. The molecule has 0 spiro atoms. The highest BCUT2D eigenvalue weighted by Gasteiger charge is 2.58. The number of hydrogen-bond donors (Lipinski definition) is 0. The minimum atomic E-state index is -0.145. The first kappa shape index (κ1) is 17.2. The van der Waals surface area contributed by atoms with Gasteiger partial charge in [0.05, 0.1) is 12.9 Å². The van der Waals surface area contributed by atoms with E-state index in [1.54, 1.807) is 0 Å². The van der Waals surface area contributed by atoms with E-state index >= 15 is 0 Å². The lowest BCUT2D eigenvalue weighted by Crippen LogP contribution is -2.55. The van der Waals surface area contributed by atoms with Gasteiger partial charge in [-0.3, -0.25) is 4.79 Å². The Balaban J connectivity index is 1.66. The zero-order valence-electron chi connectivity index (χ0n) is 16.1. The molecule has 3 nitrogen and oxygen atoms in total. The Morgan fingerprint density at radius 3 is 2.88 bits per heavy atom. The lowest BCUT2D eigenvalue weighted by Gasteiger charge is -2.61. The Hall–Kier alpha value is -1.25. The summed E-state index contributed by atoms with van der Waals surface area (Å²) in [5, 5.41) is 0. The van der Waals surface area contributed by atoms with Crippen LogP contribution in [-0.2, 0) is 16.0 Å². The molecule has 3 aliphatic rings. The van der Waals surface area contributed by atoms with Gasteiger partial charge >= 0.3 is 5.97 Å². The van der Waals surface area contributed by atoms with Crippen LogP contribution in [0.3, 0.4) is 0 Å². The molecule has 138 valence electrons. The van der Waals surface area contributed by atoms with Crippen molar-refractivity contribution in [2.45, 2.75) is 72.1 Å². The molecule has 6 atom stereocenters. The summed E-state index contributed by atoms with van der Waals surface area (Å²) in [5.41, 5.74) is 1.90. The summed E-state index contributed by atoms with van der Waals surface area (Å²) in [6.07, 6.45) is 9.27. The molecule has 0 amide bonds. The smallest absolute Gasteiger partial charge is 0.302 e. The Morgan fingerprint density at radius 1 is 1.32 bits per heavy atom. The lowest BCUT2D eigenvalue weighted by molar-refractivity contribution is -0.159. The number of esters is 1. The third kappa shape index (κ3) is 2.57. The van der Waals surface area contributed by atoms with Crippen LogP contribution in [0.4, 0.5) is 0 Å². The molecule has 1 aromatic heterocycles. The van der Waals surface area contributed by atoms with Crippen molar-refractivity contribution in [3.63, 3.8) is 0 Å². The van der Waals surface area contributed by atoms with Gasteiger partial charge in [0.2, 0.25) is 0 Å². The molecule has 0 saturated heterocycles. The molecule has 1 heterocycles. The summed E-state index contributed by atoms with van der Waals surface area (Å²) in [6.45, 7) is 9.41. The maximum Gasteiger partial charge on any atom is 0.302 e. The van der Waals surface area contributed by atoms with Crippen LogP contribution in [0.5, 0.6) is 0 Å². The maximum atomic E-state index is 11.4. The molecule has 0 aliphatic heterocycles. The molecule has 4 rings (SSSR count). The first-order valence-electron chi connectivity index (χ1n) is 10.0. The molecule has 25 heavy (non-hydrogen) atoms. The number of rotatable bonds is 2. The fourth-order valence-corrected chi connectivity index (χ4v) is 6.96. The standard InChI is InChI=1S/C22H32O3/c1-14-16-6-7-20-21(3,13-25-15(2)23)9-5-10-22(20,4)18(16)12-19-17(14)8-11-24-19/h8,11,14,16,18,20H,5-7,9-10,12-13H2,1-4H3/t14-,16+,18+,20+,21+,22-/m1/s1. The molecule has 0 aromatic carbocycles. The van der Waals surface area contributed by atoms with Gasteiger partial charge in [-0.05, 0) is 66.4 Å². The van der Waals surface area contributed by atoms with Crippen molar-refractivity contribution in [2.24, 2.45) is 28.6 Å². The molecule has 2 fully saturated rings. The van der Waals surface area contributed by atoms with E-state index in [1.165, 1.54) is 50.4 Å². The summed E-state index contributed by atoms with van der Waals surface area (Å²) in [4.78, 5) is 11.4. The van der Waals surface area contributed by atoms with Crippen molar-refractivity contribution < 1.29 is 13.9 Å². The van der Waals surface area contributed by atoms with Crippen LogP contribution in [0.1, 0.15) is 77.0 Å². The number of carbonyl (C=O) groups is 1. The Labute approximate surface area is 151 Å². The highest BCUT2D eigenvalue weighted by atomic mass is 16.5. The summed E-state index contributed by atoms with van der Waals surface area (Å²) in [6, 6.07) is 2.19. The molecule has 0 unspecified atom stereocenters. The normalized spacial score (nSPS) is 42.9. The third-order valence-electron chi connectivity index (χ3n) is 8.18. The van der Waals surface area contributed by atoms with Gasteiger partial charge in [0.15, 0.2) is 0 Å². The van der Waals surface area contributed by atoms with Gasteiger partial charge in [-0.2, -0.15) is 0 Å². The van der Waals surface area contributed by atoms with Crippen molar-refractivity contribution >= 4 is 5.97 Å². The molecule has 0 radical (unpaired) electrons. The number of furan rings is 1. The first-order valence-corrected chi connectivity index (χ1v) is 10.0. The van der Waals surface area contributed by atoms with Crippen molar-refractivity contribution in [2.75, 3.05) is 6.61 Å². The van der Waals surface area contributed by atoms with Crippen LogP contribution in [0.2, 0.25) is 0 Å². The highest BCUT2D eigenvalue weighted by molar-refractivity contribution is 5.65. The summed E-state index contributed by atoms with van der Waals surface area (Å²) in [7, 11) is 0. The second-order valence-electron chi connectivity index (χ2n) is 9.49. The van der Waals surface area contributed by atoms with Gasteiger partial charge < -0.3 is 9.15 Å². The van der Waals surface area contributed by atoms with E-state index in [0.29, 0.717) is 29.8 Å². The number of ether oxygens (including phenoxy) is 1. The van der Waals surface area contributed by atoms with Crippen molar-refractivity contribution in [1.82, 2.24) is 0 Å². The Bertz CT molecular complexity index is 662. The quantitative estimate of drug-likeness (QED) is 0.680. The van der Waals surface area contributed by atoms with Crippen LogP contribution in [0, 0.1) is 28.6 Å². The third-order valence-corrected chi connectivity index (χ3v) is 8.18. The molecule has 0 N–H and O–H groups in total. The number of hydrogen-bond acceptors (Lipinski definition) is 3. The van der Waals surface area contributed by atoms with Gasteiger partial charge in [0, 0.05) is 18.8 Å². The largest absolute Gasteiger partial charge is 0.469 e. The first-order chi connectivity index (χ1) is 11.8. The average molecular weight is 344 g/mol. The van der Waals surface area contributed by atoms with E-state index in [1.807, 2.05) is 6.26 Å². The highest BCUT2D eigenvalue weighted by Crippen LogP contribution is 2.64. The molecule has 0 bridgehead atoms. The molecule has 2 saturated carbocycles. The predicted molar refractivity (Wildman–Crippen MR) is 97.2 cm³/mol. The van der Waals surface area contributed by atoms with Crippen molar-refractivity contribution in [3.8, 4) is 0 Å². The zero-order chi connectivity index (χ0) is 17.8. The van der Waals surface area contributed by atoms with E-state index in [-0.39, 0.29) is 11.4 Å². The maximum absolute atomic E-state index is 11.4. The van der Waals surface area contributed by atoms with Gasteiger partial charge in [-0.25, -0.2) is 0 Å². The summed E-state index contributed by atoms with van der Waals surface area (Å²) >= 11 is 0. The second kappa shape index (κ2) is 5.89.